The Labute approximate surface area is 126 Å². The minimum atomic E-state index is 0.147. The van der Waals surface area contributed by atoms with Crippen LogP contribution in [0, 0.1) is 13.8 Å². The van der Waals surface area contributed by atoms with E-state index in [1.807, 2.05) is 23.7 Å². The highest BCUT2D eigenvalue weighted by atomic mass is 16.5. The molecule has 2 rings (SSSR count). The molecule has 1 N–H and O–H groups in total. The van der Waals surface area contributed by atoms with Crippen molar-refractivity contribution in [3.05, 3.63) is 35.3 Å². The van der Waals surface area contributed by atoms with E-state index >= 15 is 0 Å². The Balaban J connectivity index is 2.26. The van der Waals surface area contributed by atoms with Crippen LogP contribution in [-0.4, -0.2) is 21.4 Å². The molecule has 0 aliphatic rings. The first kappa shape index (κ1) is 15.4. The lowest BCUT2D eigenvalue weighted by Crippen LogP contribution is -2.11. The number of aryl methyl sites for hydroxylation is 2. The quantitative estimate of drug-likeness (QED) is 0.884. The molecule has 2 aromatic heterocycles. The number of hydrogen-bond donors (Lipinski definition) is 1. The zero-order valence-corrected chi connectivity index (χ0v) is 13.5. The van der Waals surface area contributed by atoms with Gasteiger partial charge in [-0.1, -0.05) is 0 Å². The molecule has 21 heavy (non-hydrogen) atoms. The first-order valence-electron chi connectivity index (χ1n) is 7.46. The van der Waals surface area contributed by atoms with Crippen molar-refractivity contribution in [3.8, 4) is 5.88 Å². The Morgan fingerprint density at radius 2 is 2.10 bits per heavy atom. The SMILES string of the molecule is CCOc1ncccc1NC(C)c1c(C)nn(CC)c1C. The summed E-state index contributed by atoms with van der Waals surface area (Å²) >= 11 is 0. The van der Waals surface area contributed by atoms with Crippen molar-refractivity contribution >= 4 is 5.69 Å². The topological polar surface area (TPSA) is 52.0 Å². The fourth-order valence-electron chi connectivity index (χ4n) is 2.70. The summed E-state index contributed by atoms with van der Waals surface area (Å²) < 4.78 is 7.60. The lowest BCUT2D eigenvalue weighted by atomic mass is 10.1. The largest absolute Gasteiger partial charge is 0.476 e. The molecular formula is C16H24N4O. The van der Waals surface area contributed by atoms with E-state index in [-0.39, 0.29) is 6.04 Å². The van der Waals surface area contributed by atoms with Gasteiger partial charge in [-0.3, -0.25) is 4.68 Å². The van der Waals surface area contributed by atoms with Crippen molar-refractivity contribution in [3.63, 3.8) is 0 Å². The molecule has 0 fully saturated rings. The first-order valence-corrected chi connectivity index (χ1v) is 7.46. The summed E-state index contributed by atoms with van der Waals surface area (Å²) in [5.74, 6) is 0.644. The van der Waals surface area contributed by atoms with Gasteiger partial charge in [-0.2, -0.15) is 5.10 Å². The summed E-state index contributed by atoms with van der Waals surface area (Å²) in [6, 6.07) is 4.05. The van der Waals surface area contributed by atoms with Crippen molar-refractivity contribution in [1.29, 1.82) is 0 Å². The highest BCUT2D eigenvalue weighted by Crippen LogP contribution is 2.29. The Kier molecular flexibility index (Phi) is 4.83. The summed E-state index contributed by atoms with van der Waals surface area (Å²) in [5, 5.41) is 8.07. The normalized spacial score (nSPS) is 12.2. The number of pyridine rings is 1. The zero-order valence-electron chi connectivity index (χ0n) is 13.5. The van der Waals surface area contributed by atoms with Crippen molar-refractivity contribution in [2.45, 2.75) is 47.2 Å². The maximum Gasteiger partial charge on any atom is 0.237 e. The summed E-state index contributed by atoms with van der Waals surface area (Å²) in [7, 11) is 0. The van der Waals surface area contributed by atoms with Crippen LogP contribution in [0.15, 0.2) is 18.3 Å². The molecule has 0 saturated carbocycles. The Hall–Kier alpha value is -2.04. The molecule has 0 radical (unpaired) electrons. The van der Waals surface area contributed by atoms with Gasteiger partial charge in [0, 0.05) is 24.0 Å². The number of anilines is 1. The van der Waals surface area contributed by atoms with Crippen molar-refractivity contribution in [2.24, 2.45) is 0 Å². The molecule has 0 aliphatic heterocycles. The second-order valence-corrected chi connectivity index (χ2v) is 5.06. The van der Waals surface area contributed by atoms with Crippen LogP contribution in [-0.2, 0) is 6.54 Å². The molecule has 1 unspecified atom stereocenters. The van der Waals surface area contributed by atoms with Gasteiger partial charge in [0.1, 0.15) is 0 Å². The number of ether oxygens (including phenoxy) is 1. The first-order chi connectivity index (χ1) is 10.1. The van der Waals surface area contributed by atoms with Crippen molar-refractivity contribution < 1.29 is 4.74 Å². The van der Waals surface area contributed by atoms with Crippen LogP contribution in [0.1, 0.15) is 43.8 Å². The van der Waals surface area contributed by atoms with Crippen LogP contribution in [0.25, 0.3) is 0 Å². The number of nitrogens with one attached hydrogen (secondary N) is 1. The van der Waals surface area contributed by atoms with E-state index in [1.165, 1.54) is 11.3 Å². The lowest BCUT2D eigenvalue weighted by Gasteiger charge is -2.18. The van der Waals surface area contributed by atoms with E-state index in [2.05, 4.69) is 43.1 Å². The number of hydrogen-bond acceptors (Lipinski definition) is 4. The predicted molar refractivity (Wildman–Crippen MR) is 84.8 cm³/mol. The molecule has 2 heterocycles. The summed E-state index contributed by atoms with van der Waals surface area (Å²) in [4.78, 5) is 4.28. The second kappa shape index (κ2) is 6.61. The van der Waals surface area contributed by atoms with E-state index in [4.69, 9.17) is 4.74 Å². The maximum atomic E-state index is 5.57. The van der Waals surface area contributed by atoms with Gasteiger partial charge >= 0.3 is 0 Å². The Morgan fingerprint density at radius 1 is 1.33 bits per heavy atom. The lowest BCUT2D eigenvalue weighted by molar-refractivity contribution is 0.328. The Bertz CT molecular complexity index is 606. The van der Waals surface area contributed by atoms with Gasteiger partial charge in [0.15, 0.2) is 0 Å². The van der Waals surface area contributed by atoms with Crippen LogP contribution in [0.4, 0.5) is 5.69 Å². The summed E-state index contributed by atoms with van der Waals surface area (Å²) in [5.41, 5.74) is 4.42. The van der Waals surface area contributed by atoms with Gasteiger partial charge in [0.25, 0.3) is 0 Å². The van der Waals surface area contributed by atoms with Gasteiger partial charge < -0.3 is 10.1 Å². The van der Waals surface area contributed by atoms with Crippen LogP contribution < -0.4 is 10.1 Å². The van der Waals surface area contributed by atoms with Gasteiger partial charge in [0.05, 0.1) is 24.0 Å². The Morgan fingerprint density at radius 3 is 2.71 bits per heavy atom. The third-order valence-electron chi connectivity index (χ3n) is 3.59. The minimum Gasteiger partial charge on any atom is -0.476 e. The van der Waals surface area contributed by atoms with Gasteiger partial charge in [-0.25, -0.2) is 4.98 Å². The fraction of sp³-hybridized carbons (Fsp3) is 0.500. The average molecular weight is 288 g/mol. The average Bonchev–Trinajstić information content (AvgIpc) is 2.75. The van der Waals surface area contributed by atoms with E-state index in [0.717, 1.165) is 17.9 Å². The van der Waals surface area contributed by atoms with Gasteiger partial charge in [-0.05, 0) is 46.8 Å². The zero-order chi connectivity index (χ0) is 15.4. The molecule has 0 amide bonds. The maximum absolute atomic E-state index is 5.57. The van der Waals surface area contributed by atoms with Gasteiger partial charge in [0.2, 0.25) is 5.88 Å². The van der Waals surface area contributed by atoms with Crippen LogP contribution in [0.2, 0.25) is 0 Å². The highest BCUT2D eigenvalue weighted by molar-refractivity contribution is 5.54. The fourth-order valence-corrected chi connectivity index (χ4v) is 2.70. The molecule has 0 saturated heterocycles. The second-order valence-electron chi connectivity index (χ2n) is 5.06. The molecule has 0 bridgehead atoms. The molecule has 0 spiro atoms. The van der Waals surface area contributed by atoms with Crippen LogP contribution >= 0.6 is 0 Å². The van der Waals surface area contributed by atoms with Crippen LogP contribution in [0.5, 0.6) is 5.88 Å². The molecule has 2 aromatic rings. The molecular weight excluding hydrogens is 264 g/mol. The molecule has 5 heteroatoms. The number of nitrogens with zero attached hydrogens (tertiary/aromatic N) is 3. The third-order valence-corrected chi connectivity index (χ3v) is 3.59. The molecule has 0 aromatic carbocycles. The number of rotatable bonds is 6. The van der Waals surface area contributed by atoms with Crippen LogP contribution in [0.3, 0.4) is 0 Å². The predicted octanol–water partition coefficient (Wildman–Crippen LogP) is 3.49. The standard InChI is InChI=1S/C16H24N4O/c1-6-20-13(5)15(12(4)19-20)11(3)18-14-9-8-10-17-16(14)21-7-2/h8-11,18H,6-7H2,1-5H3. The molecule has 114 valence electrons. The van der Waals surface area contributed by atoms with Crippen molar-refractivity contribution in [1.82, 2.24) is 14.8 Å². The van der Waals surface area contributed by atoms with E-state index < -0.39 is 0 Å². The van der Waals surface area contributed by atoms with E-state index in [9.17, 15) is 0 Å². The summed E-state index contributed by atoms with van der Waals surface area (Å²) in [6.45, 7) is 11.9. The van der Waals surface area contributed by atoms with Crippen molar-refractivity contribution in [2.75, 3.05) is 11.9 Å². The smallest absolute Gasteiger partial charge is 0.237 e. The highest BCUT2D eigenvalue weighted by Gasteiger charge is 2.18. The molecule has 1 atom stereocenters. The monoisotopic (exact) mass is 288 g/mol. The molecule has 5 nitrogen and oxygen atoms in total. The third kappa shape index (κ3) is 3.17. The minimum absolute atomic E-state index is 0.147. The van der Waals surface area contributed by atoms with E-state index in [0.29, 0.717) is 12.5 Å². The number of aromatic nitrogens is 3. The van der Waals surface area contributed by atoms with E-state index in [1.54, 1.807) is 6.20 Å². The van der Waals surface area contributed by atoms with Gasteiger partial charge in [-0.15, -0.1) is 0 Å². The molecule has 0 aliphatic carbocycles. The summed E-state index contributed by atoms with van der Waals surface area (Å²) in [6.07, 6.45) is 1.74.